The molecule has 0 aliphatic carbocycles. The second-order valence-corrected chi connectivity index (χ2v) is 5.59. The van der Waals surface area contributed by atoms with Gasteiger partial charge in [0.1, 0.15) is 0 Å². The molecule has 0 radical (unpaired) electrons. The van der Waals surface area contributed by atoms with Crippen molar-refractivity contribution in [2.75, 3.05) is 18.9 Å². The summed E-state index contributed by atoms with van der Waals surface area (Å²) in [6, 6.07) is 7.18. The number of hydrogen-bond donors (Lipinski definition) is 1. The fourth-order valence-corrected chi connectivity index (χ4v) is 2.57. The van der Waals surface area contributed by atoms with E-state index in [-0.39, 0.29) is 24.3 Å². The summed E-state index contributed by atoms with van der Waals surface area (Å²) in [4.78, 5) is 12.2. The molecule has 1 aromatic heterocycles. The van der Waals surface area contributed by atoms with E-state index in [0.29, 0.717) is 5.69 Å². The van der Waals surface area contributed by atoms with Crippen LogP contribution in [0.25, 0.3) is 11.1 Å². The lowest BCUT2D eigenvalue weighted by Gasteiger charge is -2.33. The van der Waals surface area contributed by atoms with Crippen LogP contribution in [0.1, 0.15) is 11.1 Å². The number of alkyl halides is 1. The number of rotatable bonds is 2. The molecule has 1 aliphatic heterocycles. The number of nitrogens with two attached hydrogens (primary N) is 1. The Bertz CT molecular complexity index is 763. The van der Waals surface area contributed by atoms with Crippen molar-refractivity contribution in [2.24, 2.45) is 7.05 Å². The first-order chi connectivity index (χ1) is 9.90. The van der Waals surface area contributed by atoms with Crippen LogP contribution in [0.2, 0.25) is 0 Å². The lowest BCUT2D eigenvalue weighted by Crippen LogP contribution is -2.47. The molecule has 5 heteroatoms. The normalized spacial score (nSPS) is 16.5. The number of pyridine rings is 1. The monoisotopic (exact) mass is 288 g/mol. The van der Waals surface area contributed by atoms with Crippen molar-refractivity contribution in [1.29, 1.82) is 0 Å². The van der Waals surface area contributed by atoms with Crippen molar-refractivity contribution in [3.05, 3.63) is 51.9 Å². The van der Waals surface area contributed by atoms with E-state index in [1.54, 1.807) is 19.3 Å². The fraction of sp³-hybridized carbons (Fsp3) is 0.312. The fourth-order valence-electron chi connectivity index (χ4n) is 2.57. The zero-order chi connectivity index (χ0) is 15.2. The molecule has 1 aromatic carbocycles. The number of aryl methyl sites for hydroxylation is 2. The Labute approximate surface area is 122 Å². The first kappa shape index (κ1) is 13.8. The number of ether oxygens (including phenoxy) is 1. The van der Waals surface area contributed by atoms with Gasteiger partial charge in [-0.2, -0.15) is 0 Å². The largest absolute Gasteiger partial charge is 0.399 e. The quantitative estimate of drug-likeness (QED) is 0.861. The standard InChI is InChI=1S/C16H17FN2O2/c1-10-3-4-12(18)6-13(10)11-5-14(15(20)19(2)7-11)16(17)8-21-9-16/h3-7H,8-9,18H2,1-2H3. The summed E-state index contributed by atoms with van der Waals surface area (Å²) >= 11 is 0. The second-order valence-electron chi connectivity index (χ2n) is 5.59. The highest BCUT2D eigenvalue weighted by Crippen LogP contribution is 2.34. The van der Waals surface area contributed by atoms with E-state index in [4.69, 9.17) is 10.5 Å². The molecule has 2 heterocycles. The van der Waals surface area contributed by atoms with Gasteiger partial charge in [-0.3, -0.25) is 4.79 Å². The minimum absolute atomic E-state index is 0.0679. The summed E-state index contributed by atoms with van der Waals surface area (Å²) in [6.45, 7) is 1.82. The van der Waals surface area contributed by atoms with Crippen molar-refractivity contribution >= 4 is 5.69 Å². The second kappa shape index (κ2) is 4.70. The van der Waals surface area contributed by atoms with Crippen molar-refractivity contribution in [2.45, 2.75) is 12.6 Å². The number of benzene rings is 1. The number of halogens is 1. The van der Waals surface area contributed by atoms with Gasteiger partial charge in [-0.15, -0.1) is 0 Å². The summed E-state index contributed by atoms with van der Waals surface area (Å²) < 4.78 is 20.9. The highest BCUT2D eigenvalue weighted by Gasteiger charge is 2.43. The Morgan fingerprint density at radius 3 is 2.67 bits per heavy atom. The molecule has 21 heavy (non-hydrogen) atoms. The van der Waals surface area contributed by atoms with Gasteiger partial charge in [0.05, 0.1) is 18.8 Å². The van der Waals surface area contributed by atoms with Gasteiger partial charge in [-0.25, -0.2) is 4.39 Å². The van der Waals surface area contributed by atoms with Gasteiger partial charge in [-0.05, 0) is 41.8 Å². The maximum Gasteiger partial charge on any atom is 0.256 e. The van der Waals surface area contributed by atoms with Crippen LogP contribution in [0.4, 0.5) is 10.1 Å². The number of anilines is 1. The van der Waals surface area contributed by atoms with Crippen LogP contribution in [0, 0.1) is 6.92 Å². The van der Waals surface area contributed by atoms with E-state index in [9.17, 15) is 9.18 Å². The van der Waals surface area contributed by atoms with Crippen LogP contribution < -0.4 is 11.3 Å². The average molecular weight is 288 g/mol. The molecule has 2 N–H and O–H groups in total. The van der Waals surface area contributed by atoms with Crippen molar-refractivity contribution in [3.8, 4) is 11.1 Å². The van der Waals surface area contributed by atoms with E-state index in [1.165, 1.54) is 4.57 Å². The van der Waals surface area contributed by atoms with Crippen LogP contribution in [-0.4, -0.2) is 17.8 Å². The molecule has 1 saturated heterocycles. The Kier molecular flexibility index (Phi) is 3.10. The molecule has 0 bridgehead atoms. The summed E-state index contributed by atoms with van der Waals surface area (Å²) in [5.74, 6) is 0. The SMILES string of the molecule is Cc1ccc(N)cc1-c1cc(C2(F)COC2)c(=O)n(C)c1. The topological polar surface area (TPSA) is 57.2 Å². The van der Waals surface area contributed by atoms with Gasteiger partial charge < -0.3 is 15.0 Å². The molecule has 1 aliphatic rings. The average Bonchev–Trinajstić information content (AvgIpc) is 2.42. The van der Waals surface area contributed by atoms with Gasteiger partial charge >= 0.3 is 0 Å². The predicted molar refractivity (Wildman–Crippen MR) is 79.9 cm³/mol. The third-order valence-corrected chi connectivity index (χ3v) is 3.90. The number of nitrogens with zero attached hydrogens (tertiary/aromatic N) is 1. The number of aromatic nitrogens is 1. The van der Waals surface area contributed by atoms with Crippen LogP contribution >= 0.6 is 0 Å². The molecule has 2 aromatic rings. The summed E-state index contributed by atoms with van der Waals surface area (Å²) in [6.07, 6.45) is 1.70. The van der Waals surface area contributed by atoms with Gasteiger partial charge in [0, 0.05) is 18.9 Å². The van der Waals surface area contributed by atoms with Crippen molar-refractivity contribution in [1.82, 2.24) is 4.57 Å². The molecule has 4 nitrogen and oxygen atoms in total. The van der Waals surface area contributed by atoms with Crippen LogP contribution in [0.3, 0.4) is 0 Å². The van der Waals surface area contributed by atoms with Crippen LogP contribution in [-0.2, 0) is 17.5 Å². The van der Waals surface area contributed by atoms with E-state index < -0.39 is 5.67 Å². The van der Waals surface area contributed by atoms with E-state index in [1.807, 2.05) is 25.1 Å². The molecular weight excluding hydrogens is 271 g/mol. The Morgan fingerprint density at radius 1 is 1.33 bits per heavy atom. The molecule has 0 unspecified atom stereocenters. The Balaban J connectivity index is 2.21. The van der Waals surface area contributed by atoms with Gasteiger partial charge in [0.25, 0.3) is 5.56 Å². The zero-order valence-corrected chi connectivity index (χ0v) is 12.0. The third kappa shape index (κ3) is 2.23. The molecular formula is C16H17FN2O2. The minimum atomic E-state index is -1.68. The van der Waals surface area contributed by atoms with Gasteiger partial charge in [0.2, 0.25) is 0 Å². The lowest BCUT2D eigenvalue weighted by molar-refractivity contribution is -0.136. The molecule has 0 atom stereocenters. The number of nitrogen functional groups attached to an aromatic ring is 1. The Morgan fingerprint density at radius 2 is 2.05 bits per heavy atom. The molecule has 0 saturated carbocycles. The number of hydrogen-bond acceptors (Lipinski definition) is 3. The summed E-state index contributed by atoms with van der Waals surface area (Å²) in [5, 5.41) is 0. The highest BCUT2D eigenvalue weighted by atomic mass is 19.1. The first-order valence-corrected chi connectivity index (χ1v) is 6.75. The molecule has 110 valence electrons. The van der Waals surface area contributed by atoms with Crippen molar-refractivity contribution in [3.63, 3.8) is 0 Å². The minimum Gasteiger partial charge on any atom is -0.399 e. The lowest BCUT2D eigenvalue weighted by atomic mass is 9.92. The van der Waals surface area contributed by atoms with E-state index in [2.05, 4.69) is 0 Å². The molecule has 1 fully saturated rings. The molecule has 0 amide bonds. The maximum atomic E-state index is 14.6. The first-order valence-electron chi connectivity index (χ1n) is 6.75. The van der Waals surface area contributed by atoms with Gasteiger partial charge in [0.15, 0.2) is 5.67 Å². The van der Waals surface area contributed by atoms with E-state index >= 15 is 0 Å². The Hall–Kier alpha value is -2.14. The maximum absolute atomic E-state index is 14.6. The highest BCUT2D eigenvalue weighted by molar-refractivity contribution is 5.71. The van der Waals surface area contributed by atoms with E-state index in [0.717, 1.165) is 16.7 Å². The van der Waals surface area contributed by atoms with Crippen molar-refractivity contribution < 1.29 is 9.13 Å². The summed E-state index contributed by atoms with van der Waals surface area (Å²) in [5.41, 5.74) is 7.30. The smallest absolute Gasteiger partial charge is 0.256 e. The van der Waals surface area contributed by atoms with Gasteiger partial charge in [-0.1, -0.05) is 6.07 Å². The summed E-state index contributed by atoms with van der Waals surface area (Å²) in [7, 11) is 1.62. The molecule has 3 rings (SSSR count). The predicted octanol–water partition coefficient (Wildman–Crippen LogP) is 2.14. The third-order valence-electron chi connectivity index (χ3n) is 3.90. The van der Waals surface area contributed by atoms with Crippen LogP contribution in [0.5, 0.6) is 0 Å². The van der Waals surface area contributed by atoms with Crippen LogP contribution in [0.15, 0.2) is 35.3 Å². The zero-order valence-electron chi connectivity index (χ0n) is 12.0. The molecule has 0 spiro atoms.